The predicted molar refractivity (Wildman–Crippen MR) is 82.1 cm³/mol. The second-order valence-electron chi connectivity index (χ2n) is 5.34. The third kappa shape index (κ3) is 3.42. The standard InChI is InChI=1S/C17H17F2NO4/c1-22-15-4-10(5-16-17(15)24-9-23-16)7-20-8-14(21)12-3-2-11(18)6-13(12)19/h2-6,14,20-21H,7-9H2,1H3. The Morgan fingerprint density at radius 1 is 1.25 bits per heavy atom. The first kappa shape index (κ1) is 16.5. The SMILES string of the molecule is COc1cc(CNCC(O)c2ccc(F)cc2F)cc2c1OCO2. The molecule has 0 fully saturated rings. The molecule has 0 saturated heterocycles. The van der Waals surface area contributed by atoms with E-state index in [1.165, 1.54) is 13.2 Å². The molecule has 3 rings (SSSR count). The van der Waals surface area contributed by atoms with Gasteiger partial charge in [0.05, 0.1) is 13.2 Å². The van der Waals surface area contributed by atoms with Gasteiger partial charge in [0.15, 0.2) is 11.5 Å². The van der Waals surface area contributed by atoms with E-state index in [0.29, 0.717) is 23.8 Å². The Balaban J connectivity index is 1.62. The topological polar surface area (TPSA) is 60.0 Å². The lowest BCUT2D eigenvalue weighted by atomic mass is 10.1. The van der Waals surface area contributed by atoms with Gasteiger partial charge in [0.2, 0.25) is 12.5 Å². The summed E-state index contributed by atoms with van der Waals surface area (Å²) in [4.78, 5) is 0. The number of fused-ring (bicyclic) bond motifs is 1. The summed E-state index contributed by atoms with van der Waals surface area (Å²) in [5, 5.41) is 13.1. The Hall–Kier alpha value is -2.38. The number of hydrogen-bond acceptors (Lipinski definition) is 5. The van der Waals surface area contributed by atoms with Crippen molar-refractivity contribution in [3.05, 3.63) is 53.1 Å². The van der Waals surface area contributed by atoms with Crippen LogP contribution in [0.25, 0.3) is 0 Å². The van der Waals surface area contributed by atoms with Crippen LogP contribution in [-0.2, 0) is 6.54 Å². The van der Waals surface area contributed by atoms with Crippen LogP contribution in [0.15, 0.2) is 30.3 Å². The Kier molecular flexibility index (Phi) is 4.82. The zero-order chi connectivity index (χ0) is 17.1. The molecule has 128 valence electrons. The van der Waals surface area contributed by atoms with Crippen LogP contribution >= 0.6 is 0 Å². The number of benzene rings is 2. The third-order valence-corrected chi connectivity index (χ3v) is 3.71. The quantitative estimate of drug-likeness (QED) is 0.848. The molecule has 2 N–H and O–H groups in total. The maximum Gasteiger partial charge on any atom is 0.231 e. The molecule has 24 heavy (non-hydrogen) atoms. The first-order chi connectivity index (χ1) is 11.6. The maximum atomic E-state index is 13.6. The highest BCUT2D eigenvalue weighted by molar-refractivity contribution is 5.55. The molecule has 7 heteroatoms. The summed E-state index contributed by atoms with van der Waals surface area (Å²) in [6.45, 7) is 0.664. The molecule has 0 spiro atoms. The van der Waals surface area contributed by atoms with Crippen LogP contribution in [0.5, 0.6) is 17.2 Å². The summed E-state index contributed by atoms with van der Waals surface area (Å²) in [6.07, 6.45) is -1.08. The molecule has 2 aromatic carbocycles. The highest BCUT2D eigenvalue weighted by atomic mass is 19.1. The van der Waals surface area contributed by atoms with Crippen molar-refractivity contribution in [1.29, 1.82) is 0 Å². The van der Waals surface area contributed by atoms with Gasteiger partial charge in [-0.2, -0.15) is 0 Å². The highest BCUT2D eigenvalue weighted by Crippen LogP contribution is 2.41. The van der Waals surface area contributed by atoms with E-state index < -0.39 is 17.7 Å². The van der Waals surface area contributed by atoms with Crippen LogP contribution in [0.1, 0.15) is 17.2 Å². The van der Waals surface area contributed by atoms with Gasteiger partial charge in [-0.3, -0.25) is 0 Å². The largest absolute Gasteiger partial charge is 0.493 e. The van der Waals surface area contributed by atoms with Gasteiger partial charge in [0, 0.05) is 24.7 Å². The molecule has 1 unspecified atom stereocenters. The molecule has 0 bridgehead atoms. The number of ether oxygens (including phenoxy) is 3. The monoisotopic (exact) mass is 337 g/mol. The van der Waals surface area contributed by atoms with Crippen LogP contribution in [0.3, 0.4) is 0 Å². The fraction of sp³-hybridized carbons (Fsp3) is 0.294. The van der Waals surface area contributed by atoms with Crippen molar-refractivity contribution in [2.75, 3.05) is 20.4 Å². The van der Waals surface area contributed by atoms with Gasteiger partial charge in [-0.05, 0) is 23.8 Å². The van der Waals surface area contributed by atoms with Gasteiger partial charge in [0.1, 0.15) is 11.6 Å². The second kappa shape index (κ2) is 7.02. The predicted octanol–water partition coefficient (Wildman–Crippen LogP) is 2.53. The van der Waals surface area contributed by atoms with Crippen molar-refractivity contribution < 1.29 is 28.1 Å². The van der Waals surface area contributed by atoms with Crippen molar-refractivity contribution in [3.8, 4) is 17.2 Å². The summed E-state index contributed by atoms with van der Waals surface area (Å²) in [5.74, 6) is 0.274. The van der Waals surface area contributed by atoms with E-state index in [2.05, 4.69) is 5.32 Å². The number of rotatable bonds is 6. The molecule has 1 atom stereocenters. The summed E-state index contributed by atoms with van der Waals surface area (Å²) in [7, 11) is 1.54. The molecular weight excluding hydrogens is 320 g/mol. The third-order valence-electron chi connectivity index (χ3n) is 3.71. The molecule has 1 aliphatic rings. The highest BCUT2D eigenvalue weighted by Gasteiger charge is 2.20. The van der Waals surface area contributed by atoms with E-state index in [-0.39, 0.29) is 18.9 Å². The first-order valence-electron chi connectivity index (χ1n) is 7.38. The zero-order valence-electron chi connectivity index (χ0n) is 13.0. The molecule has 0 aliphatic carbocycles. The van der Waals surface area contributed by atoms with E-state index in [1.54, 1.807) is 6.07 Å². The Bertz CT molecular complexity index is 739. The maximum absolute atomic E-state index is 13.6. The van der Waals surface area contributed by atoms with Gasteiger partial charge in [-0.25, -0.2) is 8.78 Å². The summed E-state index contributed by atoms with van der Waals surface area (Å²) >= 11 is 0. The van der Waals surface area contributed by atoms with Crippen molar-refractivity contribution in [3.63, 3.8) is 0 Å². The number of methoxy groups -OCH3 is 1. The summed E-state index contributed by atoms with van der Waals surface area (Å²) < 4.78 is 42.4. The molecule has 0 amide bonds. The van der Waals surface area contributed by atoms with Crippen LogP contribution < -0.4 is 19.5 Å². The van der Waals surface area contributed by atoms with E-state index in [1.807, 2.05) is 6.07 Å². The number of halogens is 2. The molecule has 2 aromatic rings. The molecule has 1 aliphatic heterocycles. The van der Waals surface area contributed by atoms with Crippen LogP contribution in [0, 0.1) is 11.6 Å². The zero-order valence-corrected chi connectivity index (χ0v) is 13.0. The van der Waals surface area contributed by atoms with Gasteiger partial charge in [-0.15, -0.1) is 0 Å². The Morgan fingerprint density at radius 2 is 2.08 bits per heavy atom. The molecular formula is C17H17F2NO4. The van der Waals surface area contributed by atoms with E-state index in [9.17, 15) is 13.9 Å². The van der Waals surface area contributed by atoms with Gasteiger partial charge in [0.25, 0.3) is 0 Å². The summed E-state index contributed by atoms with van der Waals surface area (Å²) in [6, 6.07) is 6.71. The van der Waals surface area contributed by atoms with E-state index in [0.717, 1.165) is 17.7 Å². The van der Waals surface area contributed by atoms with Crippen LogP contribution in [0.4, 0.5) is 8.78 Å². The minimum atomic E-state index is -1.08. The molecule has 0 aromatic heterocycles. The van der Waals surface area contributed by atoms with E-state index >= 15 is 0 Å². The number of aliphatic hydroxyl groups excluding tert-OH is 1. The average Bonchev–Trinajstić information content (AvgIpc) is 3.02. The fourth-order valence-electron chi connectivity index (χ4n) is 2.52. The van der Waals surface area contributed by atoms with Crippen molar-refractivity contribution in [2.45, 2.75) is 12.6 Å². The molecule has 0 saturated carbocycles. The van der Waals surface area contributed by atoms with Crippen LogP contribution in [-0.4, -0.2) is 25.6 Å². The smallest absolute Gasteiger partial charge is 0.231 e. The van der Waals surface area contributed by atoms with Gasteiger partial charge in [-0.1, -0.05) is 6.07 Å². The average molecular weight is 337 g/mol. The Morgan fingerprint density at radius 3 is 2.83 bits per heavy atom. The molecule has 1 heterocycles. The lowest BCUT2D eigenvalue weighted by molar-refractivity contribution is 0.169. The lowest BCUT2D eigenvalue weighted by Gasteiger charge is -2.14. The number of aliphatic hydroxyl groups is 1. The van der Waals surface area contributed by atoms with Crippen LogP contribution in [0.2, 0.25) is 0 Å². The second-order valence-corrected chi connectivity index (χ2v) is 5.34. The van der Waals surface area contributed by atoms with Gasteiger partial charge >= 0.3 is 0 Å². The van der Waals surface area contributed by atoms with Crippen molar-refractivity contribution >= 4 is 0 Å². The number of hydrogen-bond donors (Lipinski definition) is 2. The van der Waals surface area contributed by atoms with Gasteiger partial charge < -0.3 is 24.6 Å². The van der Waals surface area contributed by atoms with Crippen molar-refractivity contribution in [2.24, 2.45) is 0 Å². The molecule has 5 nitrogen and oxygen atoms in total. The lowest BCUT2D eigenvalue weighted by Crippen LogP contribution is -2.21. The number of nitrogens with one attached hydrogen (secondary N) is 1. The molecule has 0 radical (unpaired) electrons. The normalized spacial score (nSPS) is 13.8. The van der Waals surface area contributed by atoms with E-state index in [4.69, 9.17) is 14.2 Å². The Labute approximate surface area is 137 Å². The fourth-order valence-corrected chi connectivity index (χ4v) is 2.52. The summed E-state index contributed by atoms with van der Waals surface area (Å²) in [5.41, 5.74) is 0.912. The first-order valence-corrected chi connectivity index (χ1v) is 7.38. The minimum Gasteiger partial charge on any atom is -0.493 e. The minimum absolute atomic E-state index is 0.0483. The van der Waals surface area contributed by atoms with Crippen molar-refractivity contribution in [1.82, 2.24) is 5.32 Å².